The minimum absolute atomic E-state index is 0.00271. The molecule has 16 unspecified atom stereocenters. The molecule has 1 aromatic rings. The molecule has 8 aliphatic carbocycles. The number of hydrogen-bond donors (Lipinski definition) is 7. The highest BCUT2D eigenvalue weighted by molar-refractivity contribution is 7.91. The van der Waals surface area contributed by atoms with Gasteiger partial charge in [-0.2, -0.15) is 16.8 Å². The summed E-state index contributed by atoms with van der Waals surface area (Å²) in [6.07, 6.45) is -13.2. The van der Waals surface area contributed by atoms with Gasteiger partial charge in [0.05, 0.1) is 53.5 Å². The lowest BCUT2D eigenvalue weighted by Crippen LogP contribution is -2.64. The summed E-state index contributed by atoms with van der Waals surface area (Å²) in [5, 5.41) is 82.0. The van der Waals surface area contributed by atoms with Crippen LogP contribution in [0.2, 0.25) is 0 Å². The summed E-state index contributed by atoms with van der Waals surface area (Å²) in [6.45, 7) is 20.5. The molecule has 2 heterocycles. The molecular weight excluding hydrogens is 1490 g/mol. The Morgan fingerprint density at radius 2 is 1.02 bits per heavy atom. The molecular formula is C67H96O33S5-2. The second kappa shape index (κ2) is 33.4. The lowest BCUT2D eigenvalue weighted by molar-refractivity contribution is -0.778. The number of fused-ring (bicyclic) bond motifs is 6. The average Bonchev–Trinajstić information content (AvgIpc) is 1.63. The largest absolute Gasteiger partial charge is 0.691 e. The summed E-state index contributed by atoms with van der Waals surface area (Å²) < 4.78 is 162. The summed E-state index contributed by atoms with van der Waals surface area (Å²) in [6, 6.07) is 5.54. The van der Waals surface area contributed by atoms with Crippen LogP contribution in [0.4, 0.5) is 0 Å². The molecule has 0 aromatic heterocycles. The fourth-order valence-electron chi connectivity index (χ4n) is 20.6. The molecule has 0 radical (unpaired) electrons. The van der Waals surface area contributed by atoms with Crippen LogP contribution in [0, 0.1) is 87.8 Å². The number of esters is 2. The number of aliphatic hydroxyl groups is 3. The van der Waals surface area contributed by atoms with E-state index in [9.17, 15) is 89.6 Å². The monoisotopic (exact) mass is 1590 g/mol. The quantitative estimate of drug-likeness (QED) is 0.00839. The lowest BCUT2D eigenvalue weighted by atomic mass is 9.43. The van der Waals surface area contributed by atoms with Gasteiger partial charge in [0, 0.05) is 23.7 Å². The highest BCUT2D eigenvalue weighted by Gasteiger charge is 2.70. The van der Waals surface area contributed by atoms with Crippen molar-refractivity contribution in [2.75, 3.05) is 12.4 Å². The molecule has 10 aliphatic rings. The molecule has 0 amide bonds. The van der Waals surface area contributed by atoms with Gasteiger partial charge in [-0.05, 0) is 178 Å². The number of rotatable bonds is 28. The second-order valence-corrected chi connectivity index (χ2v) is 36.6. The number of sulfone groups is 1. The Kier molecular flexibility index (Phi) is 26.6. The van der Waals surface area contributed by atoms with Crippen LogP contribution in [-0.4, -0.2) is 182 Å². The third-order valence-corrected chi connectivity index (χ3v) is 28.0. The molecule has 33 nitrogen and oxygen atoms in total. The lowest BCUT2D eigenvalue weighted by Gasteiger charge is -2.62. The number of hydrogen-bond acceptors (Lipinski definition) is 31. The Hall–Kier alpha value is -3.63. The molecule has 2 spiro atoms. The molecule has 7 N–H and O–H groups in total. The van der Waals surface area contributed by atoms with E-state index in [1.54, 1.807) is 20.8 Å². The van der Waals surface area contributed by atoms with Gasteiger partial charge < -0.3 is 64.5 Å². The van der Waals surface area contributed by atoms with Crippen molar-refractivity contribution in [2.24, 2.45) is 80.8 Å². The van der Waals surface area contributed by atoms with Gasteiger partial charge in [0.1, 0.15) is 30.5 Å². The van der Waals surface area contributed by atoms with E-state index in [0.717, 1.165) is 43.3 Å². The van der Waals surface area contributed by atoms with Gasteiger partial charge in [-0.1, -0.05) is 72.4 Å². The predicted molar refractivity (Wildman–Crippen MR) is 357 cm³/mol. The summed E-state index contributed by atoms with van der Waals surface area (Å²) >= 11 is 0.195. The van der Waals surface area contributed by atoms with E-state index in [0.29, 0.717) is 44.1 Å². The fourth-order valence-corrected chi connectivity index (χ4v) is 23.8. The number of carbonyl (C=O) groups excluding carboxylic acids is 2. The van der Waals surface area contributed by atoms with Crippen molar-refractivity contribution < 1.29 is 153 Å². The van der Waals surface area contributed by atoms with Gasteiger partial charge >= 0.3 is 44.7 Å². The predicted octanol–water partition coefficient (Wildman–Crippen LogP) is 5.09. The maximum Gasteiger partial charge on any atom is 0.397 e. The fraction of sp³-hybridized carbons (Fsp3) is 0.791. The van der Waals surface area contributed by atoms with Crippen molar-refractivity contribution in [3.05, 3.63) is 54.1 Å². The Labute approximate surface area is 618 Å². The summed E-state index contributed by atoms with van der Waals surface area (Å²) in [5.41, 5.74) is 0.171. The number of ether oxygens (including phenoxy) is 6. The van der Waals surface area contributed by atoms with Gasteiger partial charge in [-0.15, -0.1) is 8.67 Å². The van der Waals surface area contributed by atoms with Crippen LogP contribution < -0.4 is 10.5 Å². The van der Waals surface area contributed by atoms with E-state index in [1.165, 1.54) is 24.3 Å². The number of aliphatic hydroxyl groups excluding tert-OH is 3. The normalized spacial score (nSPS) is 40.2. The van der Waals surface area contributed by atoms with Crippen molar-refractivity contribution in [3.8, 4) is 0 Å². The molecule has 2 aliphatic heterocycles. The van der Waals surface area contributed by atoms with Gasteiger partial charge in [-0.25, -0.2) is 16.8 Å². The van der Waals surface area contributed by atoms with Crippen molar-refractivity contribution in [3.63, 3.8) is 0 Å². The maximum absolute atomic E-state index is 13.8. The second-order valence-electron chi connectivity index (χ2n) is 31.5. The van der Waals surface area contributed by atoms with Crippen molar-refractivity contribution in [1.82, 2.24) is 0 Å². The standard InChI is InChI=1S/C37H52O17S3.C30H46O16S2/c1-19(2)14-29(38)52-32-31(54-57(47,48)49)30(53-56(44,45)46)27(18-55(42,43)24-9-6-20(3)7-10-24)51-35(32)50-23-15-25(34(40)41)26-12-13-37-16-22(21(4)33(37)39)8-11-28(37)36(26,5)17-23;1-14(2)9-22(32)40-25-24(42-48-46-44-37)23(41-47-45-43-36)20(13-31)39-28(25)38-17-10-18(27(34)35)19-7-8-30-11-16(15(3)26(30)33)5-6-21(30)29(19,4)12-17/h6-7,9-10,19,22-23,25-28,30-33,35,39H,4,8,11-18H2,1-3,5H3,(H,40,41)(H,44,45,46)(H,47,48,49);14,16-21,23-26,28,31,33,36-37H,3,5-13H2,1-2,4H3,(H,34,35)/p-2/t22?,23?,25?,26?,27-,28?,30+,31-,32?,33-,35+,36?,37?;16?,17?,18?,19?,20-,21?,23+,24+,25?,26-,28+,29?,30?/m00/s1. The van der Waals surface area contributed by atoms with Crippen LogP contribution in [0.1, 0.15) is 150 Å². The van der Waals surface area contributed by atoms with Gasteiger partial charge in [0.15, 0.2) is 65.4 Å². The topological polar surface area (TPSA) is 488 Å². The number of benzene rings is 1. The number of aliphatic carboxylic acids is 2. The van der Waals surface area contributed by atoms with Gasteiger partial charge in [0.25, 0.3) is 0 Å². The minimum atomic E-state index is -5.58. The molecule has 594 valence electrons. The van der Waals surface area contributed by atoms with Crippen LogP contribution in [0.15, 0.2) is 53.5 Å². The van der Waals surface area contributed by atoms with E-state index in [-0.39, 0.29) is 114 Å². The van der Waals surface area contributed by atoms with Crippen molar-refractivity contribution >= 4 is 79.2 Å². The zero-order chi connectivity index (χ0) is 76.8. The first-order chi connectivity index (χ1) is 49.2. The number of carboxylic acids is 2. The third kappa shape index (κ3) is 17.8. The maximum atomic E-state index is 13.8. The average molecular weight is 1590 g/mol. The SMILES string of the molecule is C=C1C2CCC3C4(C)CC(O[C@@H]5O[C@@H](CO)[C@@H](OSOO[O-])[C@@H](OSOO[O-])C5OC(=O)CC(C)C)CC(C(=O)O)C4CCC3(C2)[C@H]1O.C=C1C2CCC3C4(C)CC(O[C@@H]5O[C@@H](CS(=O)(=O)c6ccc(C)cc6)[C@@H](OS(=O)(=O)O)[C@H](OS(=O)(=O)O)C5OC(=O)CC(C)C)CC(C(=O)O)C4CCC3(C2)[C@H]1O. The molecule has 11 rings (SSSR count). The molecule has 38 heteroatoms. The third-order valence-electron chi connectivity index (χ3n) is 24.5. The van der Waals surface area contributed by atoms with E-state index in [4.69, 9.17) is 45.2 Å². The first-order valence-electron chi connectivity index (χ1n) is 35.2. The molecule has 1 aromatic carbocycles. The summed E-state index contributed by atoms with van der Waals surface area (Å²) in [7, 11) is -15.6. The number of carbonyl (C=O) groups is 4. The highest BCUT2D eigenvalue weighted by atomic mass is 32.3. The molecule has 2 saturated heterocycles. The molecule has 105 heavy (non-hydrogen) atoms. The Morgan fingerprint density at radius 3 is 1.43 bits per heavy atom. The molecule has 10 fully saturated rings. The van der Waals surface area contributed by atoms with Crippen LogP contribution in [-0.2, 0) is 114 Å². The van der Waals surface area contributed by atoms with Crippen molar-refractivity contribution in [2.45, 2.75) is 242 Å². The highest BCUT2D eigenvalue weighted by Crippen LogP contribution is 2.73. The molecule has 26 atom stereocenters. The van der Waals surface area contributed by atoms with E-state index >= 15 is 0 Å². The van der Waals surface area contributed by atoms with Crippen molar-refractivity contribution in [1.29, 1.82) is 0 Å². The van der Waals surface area contributed by atoms with Crippen LogP contribution >= 0.6 is 24.6 Å². The Bertz CT molecular complexity index is 3640. The first-order valence-corrected chi connectivity index (χ1v) is 40.9. The number of aryl methyl sites for hydroxylation is 1. The summed E-state index contributed by atoms with van der Waals surface area (Å²) in [5.74, 6) is -7.15. The Balaban J connectivity index is 0.000000228. The number of carboxylic acid groups (broad SMARTS) is 2. The van der Waals surface area contributed by atoms with E-state index in [1.807, 2.05) is 20.8 Å². The zero-order valence-corrected chi connectivity index (χ0v) is 63.2. The molecule has 8 saturated carbocycles. The van der Waals surface area contributed by atoms with Crippen LogP contribution in [0.5, 0.6) is 0 Å². The smallest absolute Gasteiger partial charge is 0.397 e. The van der Waals surface area contributed by atoms with Crippen LogP contribution in [0.3, 0.4) is 0 Å². The van der Waals surface area contributed by atoms with Gasteiger partial charge in [0.2, 0.25) is 0 Å². The van der Waals surface area contributed by atoms with Gasteiger partial charge in [-0.3, -0.25) is 46.7 Å². The minimum Gasteiger partial charge on any atom is -0.691 e. The Morgan fingerprint density at radius 1 is 0.600 bits per heavy atom. The zero-order valence-electron chi connectivity index (χ0n) is 59.1. The van der Waals surface area contributed by atoms with E-state index < -0.39 is 181 Å². The molecule has 4 bridgehead atoms. The summed E-state index contributed by atoms with van der Waals surface area (Å²) in [4.78, 5) is 51.8. The van der Waals surface area contributed by atoms with E-state index in [2.05, 4.69) is 38.8 Å². The van der Waals surface area contributed by atoms with Crippen LogP contribution in [0.25, 0.3) is 0 Å². The first kappa shape index (κ1) is 83.8.